The Bertz CT molecular complexity index is 936. The van der Waals surface area contributed by atoms with Crippen LogP contribution in [0.2, 0.25) is 0 Å². The summed E-state index contributed by atoms with van der Waals surface area (Å²) in [6, 6.07) is 2.65. The number of hydrogen-bond donors (Lipinski definition) is 2. The van der Waals surface area contributed by atoms with Gasteiger partial charge in [0.1, 0.15) is 17.1 Å². The molecule has 3 rings (SSSR count). The first-order valence-electron chi connectivity index (χ1n) is 9.15. The van der Waals surface area contributed by atoms with E-state index in [1.54, 1.807) is 0 Å². The summed E-state index contributed by atoms with van der Waals surface area (Å²) in [5.41, 5.74) is 6.15. The zero-order valence-corrected chi connectivity index (χ0v) is 16.2. The van der Waals surface area contributed by atoms with Crippen LogP contribution < -0.4 is 11.1 Å². The molecule has 9 nitrogen and oxygen atoms in total. The zero-order chi connectivity index (χ0) is 21.0. The lowest BCUT2D eigenvalue weighted by Gasteiger charge is -2.25. The molecule has 1 aliphatic carbocycles. The Labute approximate surface area is 166 Å². The van der Waals surface area contributed by atoms with E-state index in [2.05, 4.69) is 20.4 Å². The predicted molar refractivity (Wildman–Crippen MR) is 99.4 cm³/mol. The number of pyridine rings is 1. The van der Waals surface area contributed by atoms with E-state index >= 15 is 0 Å². The summed E-state index contributed by atoms with van der Waals surface area (Å²) in [6.45, 7) is 1.53. The van der Waals surface area contributed by atoms with Gasteiger partial charge in [0.05, 0.1) is 25.3 Å². The Morgan fingerprint density at radius 2 is 2.10 bits per heavy atom. The quantitative estimate of drug-likeness (QED) is 0.696. The first-order valence-corrected chi connectivity index (χ1v) is 9.15. The van der Waals surface area contributed by atoms with Crippen LogP contribution >= 0.6 is 0 Å². The van der Waals surface area contributed by atoms with E-state index < -0.39 is 23.2 Å². The normalized spacial score (nSPS) is 16.3. The maximum atomic E-state index is 13.0. The highest BCUT2D eigenvalue weighted by Crippen LogP contribution is 2.25. The SMILES string of the molecule is COC(=O)C1=C(NC(=O)C(C)(N)Cc2nc(-c3ccc(F)cn3)no2)CCCC1. The van der Waals surface area contributed by atoms with E-state index in [0.717, 1.165) is 19.0 Å². The molecule has 2 aromatic heterocycles. The van der Waals surface area contributed by atoms with Crippen LogP contribution in [-0.4, -0.2) is 39.6 Å². The Morgan fingerprint density at radius 3 is 2.79 bits per heavy atom. The first-order chi connectivity index (χ1) is 13.8. The van der Waals surface area contributed by atoms with E-state index in [0.29, 0.717) is 29.8 Å². The molecule has 0 spiro atoms. The molecule has 0 radical (unpaired) electrons. The number of nitrogens with two attached hydrogens (primary N) is 1. The van der Waals surface area contributed by atoms with Crippen molar-refractivity contribution in [3.63, 3.8) is 0 Å². The molecule has 0 fully saturated rings. The average Bonchev–Trinajstić information content (AvgIpc) is 3.16. The minimum absolute atomic E-state index is 0.0339. The number of carbonyl (C=O) groups excluding carboxylic acids is 2. The van der Waals surface area contributed by atoms with Gasteiger partial charge in [0, 0.05) is 5.70 Å². The molecule has 1 atom stereocenters. The van der Waals surface area contributed by atoms with Crippen LogP contribution in [0.5, 0.6) is 0 Å². The molecule has 3 N–H and O–H groups in total. The summed E-state index contributed by atoms with van der Waals surface area (Å²) in [4.78, 5) is 32.7. The van der Waals surface area contributed by atoms with Gasteiger partial charge in [-0.1, -0.05) is 5.16 Å². The Morgan fingerprint density at radius 1 is 1.34 bits per heavy atom. The Hall–Kier alpha value is -3.14. The number of ether oxygens (including phenoxy) is 1. The number of esters is 1. The molecule has 1 amide bonds. The minimum atomic E-state index is -1.37. The summed E-state index contributed by atoms with van der Waals surface area (Å²) in [5, 5.41) is 6.55. The number of nitrogens with one attached hydrogen (secondary N) is 1. The molecule has 2 aromatic rings. The molecule has 2 heterocycles. The number of carbonyl (C=O) groups is 2. The fraction of sp³-hybridized carbons (Fsp3) is 0.421. The molecule has 0 saturated heterocycles. The van der Waals surface area contributed by atoms with Crippen molar-refractivity contribution in [3.05, 3.63) is 41.3 Å². The van der Waals surface area contributed by atoms with Gasteiger partial charge in [-0.15, -0.1) is 0 Å². The van der Waals surface area contributed by atoms with Gasteiger partial charge < -0.3 is 20.3 Å². The summed E-state index contributed by atoms with van der Waals surface area (Å²) in [7, 11) is 1.31. The molecule has 0 aliphatic heterocycles. The molecule has 1 aliphatic rings. The highest BCUT2D eigenvalue weighted by molar-refractivity contribution is 5.92. The monoisotopic (exact) mass is 403 g/mol. The number of amides is 1. The van der Waals surface area contributed by atoms with Crippen LogP contribution in [0.4, 0.5) is 4.39 Å². The van der Waals surface area contributed by atoms with Crippen LogP contribution in [0.15, 0.2) is 34.1 Å². The molecule has 1 unspecified atom stereocenters. The number of allylic oxidation sites excluding steroid dienone is 1. The Kier molecular flexibility index (Phi) is 6.02. The van der Waals surface area contributed by atoms with Crippen LogP contribution in [0.1, 0.15) is 38.5 Å². The number of nitrogens with zero attached hydrogens (tertiary/aromatic N) is 3. The van der Waals surface area contributed by atoms with Crippen molar-refractivity contribution >= 4 is 11.9 Å². The number of rotatable bonds is 6. The molecule has 0 aromatic carbocycles. The minimum Gasteiger partial charge on any atom is -0.466 e. The standard InChI is InChI=1S/C19H22FN5O4/c1-19(21,18(27)23-13-6-4-3-5-12(13)17(26)28-2)9-15-24-16(25-29-15)14-8-7-11(20)10-22-14/h7-8,10H,3-6,9,21H2,1-2H3,(H,23,27). The second-order valence-corrected chi connectivity index (χ2v) is 7.08. The fourth-order valence-electron chi connectivity index (χ4n) is 3.00. The van der Waals surface area contributed by atoms with E-state index in [1.165, 1.54) is 26.2 Å². The van der Waals surface area contributed by atoms with Gasteiger partial charge in [-0.2, -0.15) is 4.98 Å². The van der Waals surface area contributed by atoms with E-state index in [4.69, 9.17) is 15.0 Å². The molecular formula is C19H22FN5O4. The highest BCUT2D eigenvalue weighted by atomic mass is 19.1. The lowest BCUT2D eigenvalue weighted by Crippen LogP contribution is -2.53. The van der Waals surface area contributed by atoms with Crippen molar-refractivity contribution in [1.82, 2.24) is 20.4 Å². The van der Waals surface area contributed by atoms with E-state index in [1.807, 2.05) is 0 Å². The van der Waals surface area contributed by atoms with Crippen molar-refractivity contribution in [2.75, 3.05) is 7.11 Å². The lowest BCUT2D eigenvalue weighted by atomic mass is 9.94. The molecule has 154 valence electrons. The van der Waals surface area contributed by atoms with Crippen molar-refractivity contribution in [2.24, 2.45) is 5.73 Å². The van der Waals surface area contributed by atoms with E-state index in [9.17, 15) is 14.0 Å². The third kappa shape index (κ3) is 4.83. The van der Waals surface area contributed by atoms with Gasteiger partial charge in [0.15, 0.2) is 0 Å². The van der Waals surface area contributed by atoms with Gasteiger partial charge in [-0.25, -0.2) is 14.2 Å². The van der Waals surface area contributed by atoms with Crippen LogP contribution in [0.25, 0.3) is 11.5 Å². The number of methoxy groups -OCH3 is 1. The molecule has 29 heavy (non-hydrogen) atoms. The molecule has 0 saturated carbocycles. The lowest BCUT2D eigenvalue weighted by molar-refractivity contribution is -0.136. The smallest absolute Gasteiger partial charge is 0.335 e. The van der Waals surface area contributed by atoms with Gasteiger partial charge >= 0.3 is 5.97 Å². The average molecular weight is 403 g/mol. The summed E-state index contributed by atoms with van der Waals surface area (Å²) in [6.07, 6.45) is 3.83. The molecule has 0 bridgehead atoms. The van der Waals surface area contributed by atoms with E-state index in [-0.39, 0.29) is 18.1 Å². The van der Waals surface area contributed by atoms with Crippen LogP contribution in [0.3, 0.4) is 0 Å². The fourth-order valence-corrected chi connectivity index (χ4v) is 3.00. The van der Waals surface area contributed by atoms with Gasteiger partial charge in [0.25, 0.3) is 0 Å². The highest BCUT2D eigenvalue weighted by Gasteiger charge is 2.33. The largest absolute Gasteiger partial charge is 0.466 e. The molecule has 10 heteroatoms. The summed E-state index contributed by atoms with van der Waals surface area (Å²) < 4.78 is 22.9. The van der Waals surface area contributed by atoms with Gasteiger partial charge in [-0.05, 0) is 44.7 Å². The first kappa shape index (κ1) is 20.6. The zero-order valence-electron chi connectivity index (χ0n) is 16.2. The summed E-state index contributed by atoms with van der Waals surface area (Å²) in [5.74, 6) is -1.11. The maximum Gasteiger partial charge on any atom is 0.335 e. The number of halogens is 1. The van der Waals surface area contributed by atoms with Gasteiger partial charge in [-0.3, -0.25) is 4.79 Å². The van der Waals surface area contributed by atoms with Crippen molar-refractivity contribution < 1.29 is 23.2 Å². The number of aromatic nitrogens is 3. The second kappa shape index (κ2) is 8.48. The number of hydrogen-bond acceptors (Lipinski definition) is 8. The predicted octanol–water partition coefficient (Wildman–Crippen LogP) is 1.65. The van der Waals surface area contributed by atoms with Crippen LogP contribution in [0, 0.1) is 5.82 Å². The van der Waals surface area contributed by atoms with Crippen molar-refractivity contribution in [2.45, 2.75) is 44.6 Å². The Balaban J connectivity index is 1.72. The maximum absolute atomic E-state index is 13.0. The third-order valence-electron chi connectivity index (χ3n) is 4.63. The third-order valence-corrected chi connectivity index (χ3v) is 4.63. The summed E-state index contributed by atoms with van der Waals surface area (Å²) >= 11 is 0. The van der Waals surface area contributed by atoms with Gasteiger partial charge in [0.2, 0.25) is 17.6 Å². The molecular weight excluding hydrogens is 381 g/mol. The van der Waals surface area contributed by atoms with Crippen LogP contribution in [-0.2, 0) is 20.7 Å². The topological polar surface area (TPSA) is 133 Å². The van der Waals surface area contributed by atoms with Crippen molar-refractivity contribution in [1.29, 1.82) is 0 Å². The second-order valence-electron chi connectivity index (χ2n) is 7.08. The van der Waals surface area contributed by atoms with Crippen molar-refractivity contribution in [3.8, 4) is 11.5 Å².